The van der Waals surface area contributed by atoms with E-state index in [-0.39, 0.29) is 23.5 Å². The molecule has 1 saturated heterocycles. The lowest BCUT2D eigenvalue weighted by atomic mass is 9.98. The Balaban J connectivity index is 1.73. The summed E-state index contributed by atoms with van der Waals surface area (Å²) in [5, 5.41) is 3.54. The van der Waals surface area contributed by atoms with Crippen LogP contribution in [-0.2, 0) is 22.7 Å². The number of ether oxygens (including phenoxy) is 1. The first kappa shape index (κ1) is 28.5. The van der Waals surface area contributed by atoms with Gasteiger partial charge in [-0.1, -0.05) is 18.2 Å². The molecule has 0 bridgehead atoms. The number of sulfone groups is 1. The summed E-state index contributed by atoms with van der Waals surface area (Å²) in [5.74, 6) is 0.118. The Morgan fingerprint density at radius 1 is 1.22 bits per heavy atom. The molecule has 0 aliphatic carbocycles. The van der Waals surface area contributed by atoms with Crippen LogP contribution in [0.5, 0.6) is 5.75 Å². The molecule has 1 heterocycles. The summed E-state index contributed by atoms with van der Waals surface area (Å²) in [6.45, 7) is 3.39. The number of hydrogen-bond donors (Lipinski definition) is 1. The third-order valence-electron chi connectivity index (χ3n) is 6.65. The number of aryl methyl sites for hydroxylation is 2. The first-order chi connectivity index (χ1) is 17.0. The van der Waals surface area contributed by atoms with Crippen LogP contribution in [0.1, 0.15) is 41.3 Å². The van der Waals surface area contributed by atoms with Gasteiger partial charge in [0, 0.05) is 35.7 Å². The minimum atomic E-state index is -3.11. The molecule has 1 aliphatic heterocycles. The fraction of sp³-hybridized carbons (Fsp3) is 0.519. The molecule has 0 radical (unpaired) electrons. The highest BCUT2D eigenvalue weighted by Gasteiger charge is 2.29. The number of benzene rings is 2. The zero-order valence-electron chi connectivity index (χ0n) is 21.5. The van der Waals surface area contributed by atoms with Crippen molar-refractivity contribution in [2.45, 2.75) is 49.9 Å². The van der Waals surface area contributed by atoms with Gasteiger partial charge in [-0.3, -0.25) is 9.69 Å². The lowest BCUT2D eigenvalue weighted by molar-refractivity contribution is 0.0937. The van der Waals surface area contributed by atoms with Gasteiger partial charge in [-0.25, -0.2) is 12.8 Å². The maximum absolute atomic E-state index is 13.3. The van der Waals surface area contributed by atoms with E-state index < -0.39 is 9.84 Å². The lowest BCUT2D eigenvalue weighted by Crippen LogP contribution is -2.34. The van der Waals surface area contributed by atoms with Gasteiger partial charge in [0.2, 0.25) is 0 Å². The molecule has 198 valence electrons. The normalized spacial score (nSPS) is 19.2. The van der Waals surface area contributed by atoms with E-state index in [0.29, 0.717) is 48.5 Å². The third kappa shape index (κ3) is 8.78. The fourth-order valence-corrected chi connectivity index (χ4v) is 5.94. The largest absolute Gasteiger partial charge is 0.492 e. The van der Waals surface area contributed by atoms with E-state index in [9.17, 15) is 17.6 Å². The van der Waals surface area contributed by atoms with Gasteiger partial charge >= 0.3 is 0 Å². The van der Waals surface area contributed by atoms with Crippen LogP contribution >= 0.6 is 11.8 Å². The smallest absolute Gasteiger partial charge is 0.251 e. The van der Waals surface area contributed by atoms with Crippen molar-refractivity contribution in [2.24, 2.45) is 0 Å². The molecule has 0 unspecified atom stereocenters. The Morgan fingerprint density at radius 3 is 2.58 bits per heavy atom. The van der Waals surface area contributed by atoms with E-state index >= 15 is 0 Å². The number of carbonyl (C=O) groups is 1. The van der Waals surface area contributed by atoms with Crippen LogP contribution in [0.2, 0.25) is 0 Å². The van der Waals surface area contributed by atoms with Crippen molar-refractivity contribution in [3.05, 3.63) is 65.0 Å². The number of thioether (sulfide) groups is 1. The van der Waals surface area contributed by atoms with Crippen molar-refractivity contribution in [1.82, 2.24) is 10.2 Å². The van der Waals surface area contributed by atoms with Gasteiger partial charge in [-0.05, 0) is 81.3 Å². The van der Waals surface area contributed by atoms with Gasteiger partial charge in [0.05, 0.1) is 5.75 Å². The highest BCUT2D eigenvalue weighted by atomic mass is 32.2. The van der Waals surface area contributed by atoms with Crippen LogP contribution in [0.4, 0.5) is 4.39 Å². The Hall–Kier alpha value is -2.10. The first-order valence-electron chi connectivity index (χ1n) is 12.3. The van der Waals surface area contributed by atoms with Gasteiger partial charge in [0.25, 0.3) is 5.91 Å². The average molecular weight is 537 g/mol. The molecule has 3 atom stereocenters. The monoisotopic (exact) mass is 536 g/mol. The van der Waals surface area contributed by atoms with Crippen molar-refractivity contribution in [3.8, 4) is 5.75 Å². The van der Waals surface area contributed by atoms with E-state index in [4.69, 9.17) is 4.74 Å². The first-order valence-corrected chi connectivity index (χ1v) is 15.6. The highest BCUT2D eigenvalue weighted by Crippen LogP contribution is 2.26. The van der Waals surface area contributed by atoms with E-state index in [2.05, 4.69) is 23.5 Å². The van der Waals surface area contributed by atoms with E-state index in [1.807, 2.05) is 23.9 Å². The Morgan fingerprint density at radius 2 is 1.94 bits per heavy atom. The second kappa shape index (κ2) is 12.9. The van der Waals surface area contributed by atoms with Gasteiger partial charge in [-0.2, -0.15) is 11.8 Å². The van der Waals surface area contributed by atoms with E-state index in [1.165, 1.54) is 18.4 Å². The molecular formula is C27H37FN2O4S2. The van der Waals surface area contributed by atoms with Crippen LogP contribution in [0.25, 0.3) is 0 Å². The minimum absolute atomic E-state index is 0.0148. The Bertz CT molecular complexity index is 1130. The van der Waals surface area contributed by atoms with Gasteiger partial charge in [-0.15, -0.1) is 0 Å². The summed E-state index contributed by atoms with van der Waals surface area (Å²) in [5.41, 5.74) is 2.36. The van der Waals surface area contributed by atoms with Crippen molar-refractivity contribution in [2.75, 3.05) is 38.5 Å². The molecule has 1 N–H and O–H groups in total. The zero-order valence-corrected chi connectivity index (χ0v) is 23.1. The predicted octanol–water partition coefficient (Wildman–Crippen LogP) is 3.98. The quantitative estimate of drug-likeness (QED) is 0.442. The molecule has 1 aliphatic rings. The number of carbonyl (C=O) groups excluding carboxylic acids is 1. The van der Waals surface area contributed by atoms with Gasteiger partial charge in [0.15, 0.2) is 0 Å². The Kier molecular flexibility index (Phi) is 10.2. The number of likely N-dealkylation sites (tertiary alicyclic amines) is 1. The number of likely N-dealkylation sites (N-methyl/N-ethyl adjacent to an activating group) is 1. The molecule has 2 aromatic rings. The van der Waals surface area contributed by atoms with Gasteiger partial charge < -0.3 is 10.1 Å². The van der Waals surface area contributed by atoms with Crippen LogP contribution in [0.3, 0.4) is 0 Å². The van der Waals surface area contributed by atoms with Crippen LogP contribution in [-0.4, -0.2) is 75.0 Å². The number of rotatable bonds is 12. The maximum Gasteiger partial charge on any atom is 0.251 e. The Labute approximate surface area is 218 Å². The molecule has 3 rings (SSSR count). The van der Waals surface area contributed by atoms with E-state index in [1.54, 1.807) is 25.1 Å². The minimum Gasteiger partial charge on any atom is -0.492 e. The standard InChI is InChI=1S/C27H37FN2O4S2/c1-19(13-14-36(4,32)33)29-27(31)26-16-24(34-18-23-15-25(35-3)17-30(23)2)12-9-21(26)8-5-20-6-10-22(28)11-7-20/h6-7,9-12,16,19,23,25H,5,8,13-15,17-18H2,1-4H3,(H,29,31)/t19-,23+,25+/m1/s1. The molecule has 1 fully saturated rings. The van der Waals surface area contributed by atoms with Crippen molar-refractivity contribution in [3.63, 3.8) is 0 Å². The second-order valence-electron chi connectivity index (χ2n) is 9.74. The van der Waals surface area contributed by atoms with Crippen LogP contribution < -0.4 is 10.1 Å². The van der Waals surface area contributed by atoms with Crippen LogP contribution in [0, 0.1) is 5.82 Å². The molecule has 0 spiro atoms. The summed E-state index contributed by atoms with van der Waals surface area (Å²) in [7, 11) is -0.996. The second-order valence-corrected chi connectivity index (χ2v) is 13.1. The predicted molar refractivity (Wildman–Crippen MR) is 145 cm³/mol. The molecule has 6 nitrogen and oxygen atoms in total. The number of amides is 1. The summed E-state index contributed by atoms with van der Waals surface area (Å²) in [4.78, 5) is 15.5. The highest BCUT2D eigenvalue weighted by molar-refractivity contribution is 7.99. The third-order valence-corrected chi connectivity index (χ3v) is 8.63. The van der Waals surface area contributed by atoms with E-state index in [0.717, 1.165) is 24.1 Å². The van der Waals surface area contributed by atoms with Crippen molar-refractivity contribution < 1.29 is 22.3 Å². The van der Waals surface area contributed by atoms with Crippen molar-refractivity contribution >= 4 is 27.5 Å². The molecule has 2 aromatic carbocycles. The molecular weight excluding hydrogens is 499 g/mol. The molecule has 9 heteroatoms. The fourth-order valence-electron chi connectivity index (χ4n) is 4.36. The summed E-state index contributed by atoms with van der Waals surface area (Å²) < 4.78 is 42.4. The van der Waals surface area contributed by atoms with Gasteiger partial charge in [0.1, 0.15) is 28.0 Å². The lowest BCUT2D eigenvalue weighted by Gasteiger charge is -2.20. The molecule has 0 aromatic heterocycles. The molecule has 0 saturated carbocycles. The number of halogens is 1. The SMILES string of the molecule is CS[C@H]1C[C@@H](COc2ccc(CCc3ccc(F)cc3)c(C(=O)N[C@H](C)CCS(C)(=O)=O)c2)N(C)C1. The summed E-state index contributed by atoms with van der Waals surface area (Å²) in [6.07, 6.45) is 6.00. The number of nitrogens with zero attached hydrogens (tertiary/aromatic N) is 1. The van der Waals surface area contributed by atoms with Crippen molar-refractivity contribution in [1.29, 1.82) is 0 Å². The maximum atomic E-state index is 13.3. The average Bonchev–Trinajstić information content (AvgIpc) is 3.20. The number of nitrogens with one attached hydrogen (secondary N) is 1. The zero-order chi connectivity index (χ0) is 26.3. The summed E-state index contributed by atoms with van der Waals surface area (Å²) in [6, 6.07) is 12.0. The van der Waals surface area contributed by atoms with Crippen LogP contribution in [0.15, 0.2) is 42.5 Å². The molecule has 1 amide bonds. The molecule has 36 heavy (non-hydrogen) atoms. The summed E-state index contributed by atoms with van der Waals surface area (Å²) >= 11 is 1.88. The topological polar surface area (TPSA) is 75.7 Å². The number of hydrogen-bond acceptors (Lipinski definition) is 6.